The summed E-state index contributed by atoms with van der Waals surface area (Å²) in [5.41, 5.74) is 4.48. The van der Waals surface area contributed by atoms with Gasteiger partial charge in [0.15, 0.2) is 0 Å². The molecule has 1 heterocycles. The zero-order chi connectivity index (χ0) is 14.7. The average molecular weight is 269 g/mol. The summed E-state index contributed by atoms with van der Waals surface area (Å²) < 4.78 is 0. The van der Waals surface area contributed by atoms with Gasteiger partial charge in [-0.2, -0.15) is 0 Å². The third-order valence-electron chi connectivity index (χ3n) is 3.17. The van der Waals surface area contributed by atoms with Crippen LogP contribution in [0.2, 0.25) is 0 Å². The van der Waals surface area contributed by atoms with E-state index in [4.69, 9.17) is 0 Å². The van der Waals surface area contributed by atoms with E-state index in [1.165, 1.54) is 0 Å². The van der Waals surface area contributed by atoms with Gasteiger partial charge in [-0.1, -0.05) is 6.07 Å². The Hall–Kier alpha value is -2.36. The zero-order valence-corrected chi connectivity index (χ0v) is 12.3. The van der Waals surface area contributed by atoms with Gasteiger partial charge in [0.05, 0.1) is 11.9 Å². The van der Waals surface area contributed by atoms with Crippen LogP contribution in [-0.4, -0.2) is 25.0 Å². The Labute approximate surface area is 119 Å². The predicted octanol–water partition coefficient (Wildman–Crippen LogP) is 3.02. The molecule has 0 aliphatic rings. The van der Waals surface area contributed by atoms with Gasteiger partial charge < -0.3 is 10.2 Å². The van der Waals surface area contributed by atoms with Crippen molar-refractivity contribution in [2.75, 3.05) is 24.3 Å². The molecule has 2 rings (SSSR count). The van der Waals surface area contributed by atoms with E-state index in [9.17, 15) is 4.79 Å². The van der Waals surface area contributed by atoms with Crippen molar-refractivity contribution < 1.29 is 4.79 Å². The fourth-order valence-electron chi connectivity index (χ4n) is 2.10. The number of hydrogen-bond acceptors (Lipinski definition) is 3. The maximum atomic E-state index is 12.4. The molecule has 0 atom stereocenters. The minimum atomic E-state index is -0.113. The lowest BCUT2D eigenvalue weighted by Gasteiger charge is -2.18. The molecule has 0 spiro atoms. The molecule has 0 radical (unpaired) electrons. The van der Waals surface area contributed by atoms with E-state index in [2.05, 4.69) is 16.4 Å². The number of nitrogens with zero attached hydrogens (tertiary/aromatic N) is 2. The largest absolute Gasteiger partial charge is 0.387 e. The normalized spacial score (nSPS) is 10.2. The first-order valence-electron chi connectivity index (χ1n) is 6.51. The number of rotatable bonds is 3. The average Bonchev–Trinajstić information content (AvgIpc) is 2.45. The van der Waals surface area contributed by atoms with E-state index < -0.39 is 0 Å². The summed E-state index contributed by atoms with van der Waals surface area (Å²) in [6.07, 6.45) is 1.66. The fourth-order valence-corrected chi connectivity index (χ4v) is 2.10. The molecule has 0 bridgehead atoms. The Bertz CT molecular complexity index is 600. The highest BCUT2D eigenvalue weighted by Gasteiger charge is 2.15. The molecule has 0 aliphatic carbocycles. The van der Waals surface area contributed by atoms with Crippen LogP contribution in [0, 0.1) is 13.8 Å². The van der Waals surface area contributed by atoms with Crippen molar-refractivity contribution in [3.05, 3.63) is 53.3 Å². The van der Waals surface area contributed by atoms with Gasteiger partial charge in [-0.15, -0.1) is 0 Å². The number of carbonyl (C=O) groups is 1. The van der Waals surface area contributed by atoms with Gasteiger partial charge in [0.1, 0.15) is 5.69 Å². The molecule has 4 heteroatoms. The van der Waals surface area contributed by atoms with E-state index in [-0.39, 0.29) is 5.91 Å². The number of pyridine rings is 1. The van der Waals surface area contributed by atoms with Crippen LogP contribution in [-0.2, 0) is 0 Å². The maximum Gasteiger partial charge on any atom is 0.276 e. The lowest BCUT2D eigenvalue weighted by Crippen LogP contribution is -2.27. The fraction of sp³-hybridized carbons (Fsp3) is 0.250. The molecular weight excluding hydrogens is 250 g/mol. The first-order chi connectivity index (χ1) is 9.51. The lowest BCUT2D eigenvalue weighted by atomic mass is 10.1. The van der Waals surface area contributed by atoms with Crippen molar-refractivity contribution in [1.82, 2.24) is 4.98 Å². The van der Waals surface area contributed by atoms with E-state index >= 15 is 0 Å². The molecule has 0 saturated heterocycles. The summed E-state index contributed by atoms with van der Waals surface area (Å²) >= 11 is 0. The van der Waals surface area contributed by atoms with Crippen molar-refractivity contribution in [3.8, 4) is 0 Å². The molecule has 0 fully saturated rings. The number of aromatic nitrogens is 1. The summed E-state index contributed by atoms with van der Waals surface area (Å²) in [7, 11) is 3.59. The van der Waals surface area contributed by atoms with Crippen molar-refractivity contribution in [1.29, 1.82) is 0 Å². The van der Waals surface area contributed by atoms with E-state index in [0.717, 1.165) is 22.5 Å². The highest BCUT2D eigenvalue weighted by atomic mass is 16.2. The van der Waals surface area contributed by atoms with Crippen LogP contribution in [0.4, 0.5) is 11.4 Å². The molecule has 0 aliphatic heterocycles. The lowest BCUT2D eigenvalue weighted by molar-refractivity contribution is 0.0988. The van der Waals surface area contributed by atoms with Gasteiger partial charge in [0.2, 0.25) is 0 Å². The molecule has 0 unspecified atom stereocenters. The van der Waals surface area contributed by atoms with Crippen LogP contribution in [0.5, 0.6) is 0 Å². The minimum absolute atomic E-state index is 0.113. The molecule has 4 nitrogen and oxygen atoms in total. The van der Waals surface area contributed by atoms with Gasteiger partial charge in [-0.3, -0.25) is 4.79 Å². The Kier molecular flexibility index (Phi) is 4.03. The summed E-state index contributed by atoms with van der Waals surface area (Å²) in [6, 6.07) is 9.64. The van der Waals surface area contributed by atoms with Crippen molar-refractivity contribution in [2.24, 2.45) is 0 Å². The quantitative estimate of drug-likeness (QED) is 0.931. The van der Waals surface area contributed by atoms with Crippen LogP contribution >= 0.6 is 0 Å². The number of hydrogen-bond donors (Lipinski definition) is 1. The molecule has 1 aromatic carbocycles. The van der Waals surface area contributed by atoms with Crippen molar-refractivity contribution in [3.63, 3.8) is 0 Å². The number of nitrogens with one attached hydrogen (secondary N) is 1. The summed E-state index contributed by atoms with van der Waals surface area (Å²) in [5, 5.41) is 2.98. The summed E-state index contributed by atoms with van der Waals surface area (Å²) in [4.78, 5) is 18.2. The number of amides is 1. The SMILES string of the molecule is CNc1ccc(C(=O)N(C)c2cc(C)cc(C)c2)nc1. The van der Waals surface area contributed by atoms with E-state index in [1.54, 1.807) is 24.2 Å². The van der Waals surface area contributed by atoms with E-state index in [1.807, 2.05) is 39.1 Å². The van der Waals surface area contributed by atoms with Crippen LogP contribution in [0.15, 0.2) is 36.5 Å². The second-order valence-corrected chi connectivity index (χ2v) is 4.89. The van der Waals surface area contributed by atoms with Crippen molar-refractivity contribution >= 4 is 17.3 Å². The second kappa shape index (κ2) is 5.74. The Morgan fingerprint density at radius 3 is 2.30 bits per heavy atom. The smallest absolute Gasteiger partial charge is 0.276 e. The van der Waals surface area contributed by atoms with Gasteiger partial charge in [0, 0.05) is 19.8 Å². The van der Waals surface area contributed by atoms with Crippen molar-refractivity contribution in [2.45, 2.75) is 13.8 Å². The van der Waals surface area contributed by atoms with Gasteiger partial charge in [0.25, 0.3) is 5.91 Å². The predicted molar refractivity (Wildman–Crippen MR) is 82.4 cm³/mol. The van der Waals surface area contributed by atoms with Crippen LogP contribution in [0.25, 0.3) is 0 Å². The van der Waals surface area contributed by atoms with Gasteiger partial charge in [-0.25, -0.2) is 4.98 Å². The Morgan fingerprint density at radius 2 is 1.80 bits per heavy atom. The molecule has 0 saturated carbocycles. The summed E-state index contributed by atoms with van der Waals surface area (Å²) in [6.45, 7) is 4.05. The Balaban J connectivity index is 2.27. The second-order valence-electron chi connectivity index (χ2n) is 4.89. The zero-order valence-electron chi connectivity index (χ0n) is 12.3. The third kappa shape index (κ3) is 2.96. The highest BCUT2D eigenvalue weighted by Crippen LogP contribution is 2.19. The standard InChI is InChI=1S/C16H19N3O/c1-11-7-12(2)9-14(8-11)19(4)16(20)15-6-5-13(17-3)10-18-15/h5-10,17H,1-4H3. The van der Waals surface area contributed by atoms with E-state index in [0.29, 0.717) is 5.69 Å². The van der Waals surface area contributed by atoms with Crippen LogP contribution in [0.3, 0.4) is 0 Å². The summed E-state index contributed by atoms with van der Waals surface area (Å²) in [5.74, 6) is -0.113. The molecular formula is C16H19N3O. The van der Waals surface area contributed by atoms with Crippen LogP contribution < -0.4 is 10.2 Å². The molecule has 104 valence electrons. The monoisotopic (exact) mass is 269 g/mol. The Morgan fingerprint density at radius 1 is 1.15 bits per heavy atom. The first-order valence-corrected chi connectivity index (χ1v) is 6.51. The molecule has 2 aromatic rings. The van der Waals surface area contributed by atoms with Crippen LogP contribution in [0.1, 0.15) is 21.6 Å². The number of anilines is 2. The maximum absolute atomic E-state index is 12.4. The highest BCUT2D eigenvalue weighted by molar-refractivity contribution is 6.04. The topological polar surface area (TPSA) is 45.2 Å². The number of aryl methyl sites for hydroxylation is 2. The number of benzene rings is 1. The van der Waals surface area contributed by atoms with Gasteiger partial charge >= 0.3 is 0 Å². The molecule has 1 N–H and O–H groups in total. The third-order valence-corrected chi connectivity index (χ3v) is 3.17. The molecule has 1 amide bonds. The molecule has 1 aromatic heterocycles. The number of carbonyl (C=O) groups excluding carboxylic acids is 1. The van der Waals surface area contributed by atoms with Gasteiger partial charge in [-0.05, 0) is 49.2 Å². The minimum Gasteiger partial charge on any atom is -0.387 e. The first kappa shape index (κ1) is 14.1. The molecule has 20 heavy (non-hydrogen) atoms.